The number of hydrogen-bond acceptors (Lipinski definition) is 6. The Morgan fingerprint density at radius 1 is 1.00 bits per heavy atom. The molecule has 7 heteroatoms. The molecule has 0 bridgehead atoms. The third kappa shape index (κ3) is 4.90. The molecule has 1 fully saturated rings. The lowest BCUT2D eigenvalue weighted by Gasteiger charge is -2.27. The number of hydrogen-bond donors (Lipinski definition) is 1. The van der Waals surface area contributed by atoms with E-state index in [-0.39, 0.29) is 5.82 Å². The molecule has 0 aliphatic carbocycles. The summed E-state index contributed by atoms with van der Waals surface area (Å²) in [5.41, 5.74) is 12.1. The Kier molecular flexibility index (Phi) is 6.75. The maximum Gasteiger partial charge on any atom is 0.142 e. The molecule has 1 aliphatic rings. The predicted octanol–water partition coefficient (Wildman–Crippen LogP) is 5.45. The molecule has 0 radical (unpaired) electrons. The van der Waals surface area contributed by atoms with Gasteiger partial charge >= 0.3 is 0 Å². The highest BCUT2D eigenvalue weighted by molar-refractivity contribution is 9.10. The average molecular weight is 526 g/mol. The Labute approximate surface area is 213 Å². The second-order valence-corrected chi connectivity index (χ2v) is 9.28. The van der Waals surface area contributed by atoms with Crippen molar-refractivity contribution in [3.05, 3.63) is 94.1 Å². The highest BCUT2D eigenvalue weighted by Crippen LogP contribution is 2.38. The van der Waals surface area contributed by atoms with Gasteiger partial charge in [0.05, 0.1) is 18.9 Å². The smallest absolute Gasteiger partial charge is 0.142 e. The fourth-order valence-electron chi connectivity index (χ4n) is 4.43. The van der Waals surface area contributed by atoms with Crippen LogP contribution in [0, 0.1) is 11.3 Å². The van der Waals surface area contributed by atoms with Crippen molar-refractivity contribution in [2.45, 2.75) is 6.42 Å². The van der Waals surface area contributed by atoms with Crippen molar-refractivity contribution in [1.82, 2.24) is 9.97 Å². The van der Waals surface area contributed by atoms with Crippen LogP contribution in [0.4, 0.5) is 11.6 Å². The molecule has 1 saturated heterocycles. The van der Waals surface area contributed by atoms with Crippen LogP contribution in [-0.4, -0.2) is 36.3 Å². The van der Waals surface area contributed by atoms with E-state index in [0.717, 1.165) is 56.9 Å². The van der Waals surface area contributed by atoms with Crippen LogP contribution in [-0.2, 0) is 11.2 Å². The molecule has 174 valence electrons. The van der Waals surface area contributed by atoms with Gasteiger partial charge in [0.1, 0.15) is 23.3 Å². The molecule has 2 aromatic heterocycles. The number of nitriles is 1. The average Bonchev–Trinajstić information content (AvgIpc) is 2.90. The van der Waals surface area contributed by atoms with Crippen LogP contribution in [0.5, 0.6) is 0 Å². The molecule has 35 heavy (non-hydrogen) atoms. The first-order valence-corrected chi connectivity index (χ1v) is 12.2. The number of benzene rings is 2. The van der Waals surface area contributed by atoms with Gasteiger partial charge in [-0.3, -0.25) is 0 Å². The van der Waals surface area contributed by atoms with Crippen LogP contribution in [0.1, 0.15) is 16.7 Å². The summed E-state index contributed by atoms with van der Waals surface area (Å²) in [6, 6.07) is 24.5. The first-order chi connectivity index (χ1) is 17.1. The standard InChI is InChI=1S/C28H24BrN5O/c29-22-8-4-7-20(16-22)26-23(15-19-5-2-1-3-6-19)27(33-28(31)24(26)17-30)21-9-10-25(32-18-21)34-11-13-35-14-12-34/h1-10,16,18H,11-15H2,(H2,31,33). The summed E-state index contributed by atoms with van der Waals surface area (Å²) in [5, 5.41) is 10.1. The maximum atomic E-state index is 10.1. The van der Waals surface area contributed by atoms with E-state index >= 15 is 0 Å². The van der Waals surface area contributed by atoms with Crippen molar-refractivity contribution in [3.63, 3.8) is 0 Å². The third-order valence-corrected chi connectivity index (χ3v) is 6.62. The lowest BCUT2D eigenvalue weighted by atomic mass is 9.89. The molecule has 0 spiro atoms. The molecule has 2 aromatic carbocycles. The van der Waals surface area contributed by atoms with Crippen molar-refractivity contribution in [2.75, 3.05) is 36.9 Å². The van der Waals surface area contributed by atoms with Gasteiger partial charge in [-0.1, -0.05) is 58.4 Å². The second-order valence-electron chi connectivity index (χ2n) is 8.36. The van der Waals surface area contributed by atoms with Gasteiger partial charge in [0.25, 0.3) is 0 Å². The lowest BCUT2D eigenvalue weighted by Crippen LogP contribution is -2.36. The molecular weight excluding hydrogens is 502 g/mol. The fourth-order valence-corrected chi connectivity index (χ4v) is 4.83. The summed E-state index contributed by atoms with van der Waals surface area (Å²) >= 11 is 3.57. The fraction of sp³-hybridized carbons (Fsp3) is 0.179. The highest BCUT2D eigenvalue weighted by atomic mass is 79.9. The Balaban J connectivity index is 1.69. The van der Waals surface area contributed by atoms with Crippen LogP contribution in [0.2, 0.25) is 0 Å². The van der Waals surface area contributed by atoms with Crippen LogP contribution in [0.15, 0.2) is 77.4 Å². The monoisotopic (exact) mass is 525 g/mol. The molecule has 2 N–H and O–H groups in total. The first-order valence-electron chi connectivity index (χ1n) is 11.5. The summed E-state index contributed by atoms with van der Waals surface area (Å²) in [7, 11) is 0. The number of halogens is 1. The van der Waals surface area contributed by atoms with Crippen LogP contribution >= 0.6 is 15.9 Å². The molecule has 3 heterocycles. The summed E-state index contributed by atoms with van der Waals surface area (Å²) in [6.45, 7) is 3.05. The van der Waals surface area contributed by atoms with E-state index in [9.17, 15) is 5.26 Å². The normalized spacial score (nSPS) is 13.4. The molecular formula is C28H24BrN5O. The van der Waals surface area contributed by atoms with Crippen LogP contribution < -0.4 is 10.6 Å². The van der Waals surface area contributed by atoms with Crippen LogP contribution in [0.3, 0.4) is 0 Å². The van der Waals surface area contributed by atoms with Gasteiger partial charge in [-0.05, 0) is 41.0 Å². The van der Waals surface area contributed by atoms with Gasteiger partial charge < -0.3 is 15.4 Å². The SMILES string of the molecule is N#Cc1c(N)nc(-c2ccc(N3CCOCC3)nc2)c(Cc2ccccc2)c1-c1cccc(Br)c1. The van der Waals surface area contributed by atoms with E-state index in [0.29, 0.717) is 25.2 Å². The topological polar surface area (TPSA) is 88.1 Å². The molecule has 0 amide bonds. The second kappa shape index (κ2) is 10.3. The molecule has 6 nitrogen and oxygen atoms in total. The number of ether oxygens (including phenoxy) is 1. The number of nitrogens with zero attached hydrogens (tertiary/aromatic N) is 4. The molecule has 0 unspecified atom stereocenters. The van der Waals surface area contributed by atoms with E-state index < -0.39 is 0 Å². The Morgan fingerprint density at radius 2 is 1.80 bits per heavy atom. The van der Waals surface area contributed by atoms with Gasteiger partial charge in [0, 0.05) is 41.3 Å². The van der Waals surface area contributed by atoms with Gasteiger partial charge in [0.2, 0.25) is 0 Å². The quantitative estimate of drug-likeness (QED) is 0.372. The van der Waals surface area contributed by atoms with Crippen molar-refractivity contribution in [2.24, 2.45) is 0 Å². The largest absolute Gasteiger partial charge is 0.383 e. The Hall–Kier alpha value is -3.73. The van der Waals surface area contributed by atoms with Gasteiger partial charge in [-0.15, -0.1) is 0 Å². The third-order valence-electron chi connectivity index (χ3n) is 6.13. The molecule has 1 aliphatic heterocycles. The van der Waals surface area contributed by atoms with Crippen LogP contribution in [0.25, 0.3) is 22.4 Å². The van der Waals surface area contributed by atoms with E-state index in [4.69, 9.17) is 20.4 Å². The molecule has 0 atom stereocenters. The number of pyridine rings is 2. The zero-order chi connectivity index (χ0) is 24.2. The number of rotatable bonds is 5. The van der Waals surface area contributed by atoms with Crippen molar-refractivity contribution in [3.8, 4) is 28.5 Å². The lowest BCUT2D eigenvalue weighted by molar-refractivity contribution is 0.122. The minimum absolute atomic E-state index is 0.214. The van der Waals surface area contributed by atoms with E-state index in [1.54, 1.807) is 0 Å². The summed E-state index contributed by atoms with van der Waals surface area (Å²) in [6.07, 6.45) is 2.45. The minimum Gasteiger partial charge on any atom is -0.383 e. The number of morpholine rings is 1. The molecule has 0 saturated carbocycles. The number of nitrogens with two attached hydrogens (primary N) is 1. The van der Waals surface area contributed by atoms with Gasteiger partial charge in [-0.25, -0.2) is 9.97 Å². The Morgan fingerprint density at radius 3 is 2.49 bits per heavy atom. The number of nitrogen functional groups attached to an aromatic ring is 1. The van der Waals surface area contributed by atoms with Gasteiger partial charge in [-0.2, -0.15) is 5.26 Å². The summed E-state index contributed by atoms with van der Waals surface area (Å²) in [4.78, 5) is 11.7. The van der Waals surface area contributed by atoms with E-state index in [1.165, 1.54) is 0 Å². The predicted molar refractivity (Wildman–Crippen MR) is 142 cm³/mol. The maximum absolute atomic E-state index is 10.1. The zero-order valence-electron chi connectivity index (χ0n) is 19.1. The number of aromatic nitrogens is 2. The Bertz CT molecular complexity index is 1380. The molecule has 5 rings (SSSR count). The van der Waals surface area contributed by atoms with Crippen molar-refractivity contribution in [1.29, 1.82) is 5.26 Å². The minimum atomic E-state index is 0.214. The van der Waals surface area contributed by atoms with Crippen molar-refractivity contribution < 1.29 is 4.74 Å². The van der Waals surface area contributed by atoms with E-state index in [2.05, 4.69) is 39.0 Å². The zero-order valence-corrected chi connectivity index (χ0v) is 20.7. The summed E-state index contributed by atoms with van der Waals surface area (Å²) in [5.74, 6) is 1.13. The number of anilines is 2. The van der Waals surface area contributed by atoms with E-state index in [1.807, 2.05) is 60.8 Å². The first kappa shape index (κ1) is 23.0. The molecule has 4 aromatic rings. The van der Waals surface area contributed by atoms with Gasteiger partial charge in [0.15, 0.2) is 0 Å². The highest BCUT2D eigenvalue weighted by Gasteiger charge is 2.22. The van der Waals surface area contributed by atoms with Crippen molar-refractivity contribution >= 4 is 27.6 Å². The summed E-state index contributed by atoms with van der Waals surface area (Å²) < 4.78 is 6.39.